The molecule has 1 unspecified atom stereocenters. The monoisotopic (exact) mass is 332 g/mol. The van der Waals surface area contributed by atoms with Crippen LogP contribution in [-0.2, 0) is 16.0 Å². The minimum atomic E-state index is -0.830. The Morgan fingerprint density at radius 1 is 0.880 bits per heavy atom. The van der Waals surface area contributed by atoms with Crippen molar-refractivity contribution in [1.29, 1.82) is 0 Å². The topological polar surface area (TPSA) is 43.4 Å². The van der Waals surface area contributed by atoms with Crippen LogP contribution in [0, 0.1) is 5.92 Å². The number of fused-ring (bicyclic) bond motifs is 1. The van der Waals surface area contributed by atoms with Crippen molar-refractivity contribution < 1.29 is 14.3 Å². The summed E-state index contributed by atoms with van der Waals surface area (Å²) in [6.45, 7) is 2.01. The van der Waals surface area contributed by atoms with Gasteiger partial charge in [0.15, 0.2) is 5.78 Å². The lowest BCUT2D eigenvalue weighted by Gasteiger charge is -2.15. The number of carbonyl (C=O) groups is 2. The molecule has 3 nitrogen and oxygen atoms in total. The Balaban J connectivity index is 1.92. The first-order chi connectivity index (χ1) is 12.2. The van der Waals surface area contributed by atoms with Crippen LogP contribution in [0.25, 0.3) is 10.8 Å². The van der Waals surface area contributed by atoms with Gasteiger partial charge >= 0.3 is 5.97 Å². The highest BCUT2D eigenvalue weighted by molar-refractivity contribution is 6.10. The second-order valence-electron chi connectivity index (χ2n) is 5.92. The molecule has 3 rings (SSSR count). The van der Waals surface area contributed by atoms with Crippen LogP contribution < -0.4 is 0 Å². The second kappa shape index (κ2) is 7.75. The number of carbonyl (C=O) groups excluding carboxylic acids is 2. The molecule has 0 bridgehead atoms. The van der Waals surface area contributed by atoms with Crippen LogP contribution in [0.3, 0.4) is 0 Å². The maximum Gasteiger partial charge on any atom is 0.317 e. The molecule has 0 amide bonds. The molecule has 0 aliphatic rings. The number of hydrogen-bond donors (Lipinski definition) is 0. The van der Waals surface area contributed by atoms with Gasteiger partial charge in [-0.25, -0.2) is 0 Å². The summed E-state index contributed by atoms with van der Waals surface area (Å²) >= 11 is 0. The Bertz CT molecular complexity index is 884. The van der Waals surface area contributed by atoms with E-state index in [-0.39, 0.29) is 12.4 Å². The first kappa shape index (κ1) is 16.9. The van der Waals surface area contributed by atoms with E-state index in [1.165, 1.54) is 0 Å². The molecule has 126 valence electrons. The number of esters is 1. The van der Waals surface area contributed by atoms with Gasteiger partial charge in [0.2, 0.25) is 0 Å². The molecule has 0 aliphatic carbocycles. The summed E-state index contributed by atoms with van der Waals surface area (Å²) in [4.78, 5) is 25.4. The number of benzene rings is 3. The molecule has 1 atom stereocenters. The molecule has 0 saturated carbocycles. The molecule has 3 heteroatoms. The number of ether oxygens (including phenoxy) is 1. The van der Waals surface area contributed by atoms with Gasteiger partial charge in [-0.1, -0.05) is 66.7 Å². The maximum atomic E-state index is 13.0. The zero-order valence-corrected chi connectivity index (χ0v) is 14.1. The number of Topliss-reactive ketones (excluding diaryl/α,β-unsaturated/α-hetero) is 1. The van der Waals surface area contributed by atoms with Gasteiger partial charge < -0.3 is 4.74 Å². The molecular formula is C22H20O3. The van der Waals surface area contributed by atoms with Crippen LogP contribution in [0.1, 0.15) is 22.8 Å². The van der Waals surface area contributed by atoms with Gasteiger partial charge in [-0.05, 0) is 35.7 Å². The molecule has 3 aromatic carbocycles. The van der Waals surface area contributed by atoms with Crippen molar-refractivity contribution in [2.24, 2.45) is 5.92 Å². The van der Waals surface area contributed by atoms with Crippen molar-refractivity contribution in [1.82, 2.24) is 0 Å². The molecule has 0 N–H and O–H groups in total. The van der Waals surface area contributed by atoms with Gasteiger partial charge in [0.1, 0.15) is 5.92 Å². The Morgan fingerprint density at radius 2 is 1.56 bits per heavy atom. The van der Waals surface area contributed by atoms with Crippen molar-refractivity contribution in [3.8, 4) is 0 Å². The Kier molecular flexibility index (Phi) is 5.24. The first-order valence-electron chi connectivity index (χ1n) is 8.42. The quantitative estimate of drug-likeness (QED) is 0.381. The van der Waals surface area contributed by atoms with Crippen LogP contribution in [0.15, 0.2) is 72.8 Å². The molecule has 0 aromatic heterocycles. The van der Waals surface area contributed by atoms with E-state index in [1.54, 1.807) is 13.0 Å². The molecule has 0 spiro atoms. The molecule has 0 radical (unpaired) electrons. The van der Waals surface area contributed by atoms with Crippen LogP contribution in [-0.4, -0.2) is 18.4 Å². The third-order valence-corrected chi connectivity index (χ3v) is 4.20. The maximum absolute atomic E-state index is 13.0. The number of rotatable bonds is 6. The fourth-order valence-electron chi connectivity index (χ4n) is 2.92. The zero-order chi connectivity index (χ0) is 17.6. The molecule has 0 saturated heterocycles. The van der Waals surface area contributed by atoms with Gasteiger partial charge in [-0.3, -0.25) is 9.59 Å². The van der Waals surface area contributed by atoms with Crippen molar-refractivity contribution in [2.75, 3.05) is 6.61 Å². The SMILES string of the molecule is CCOC(=O)C(Cc1ccccc1)C(=O)c1ccc2ccccc2c1. The summed E-state index contributed by atoms with van der Waals surface area (Å²) < 4.78 is 5.15. The van der Waals surface area contributed by atoms with Gasteiger partial charge in [0, 0.05) is 5.56 Å². The third kappa shape index (κ3) is 3.94. The average molecular weight is 332 g/mol. The van der Waals surface area contributed by atoms with E-state index in [0.29, 0.717) is 12.0 Å². The lowest BCUT2D eigenvalue weighted by Crippen LogP contribution is -2.28. The van der Waals surface area contributed by atoms with E-state index in [4.69, 9.17) is 4.74 Å². The van der Waals surface area contributed by atoms with E-state index in [9.17, 15) is 9.59 Å². The Hall–Kier alpha value is -2.94. The van der Waals surface area contributed by atoms with E-state index in [0.717, 1.165) is 16.3 Å². The highest BCUT2D eigenvalue weighted by Gasteiger charge is 2.29. The van der Waals surface area contributed by atoms with Crippen molar-refractivity contribution in [3.05, 3.63) is 83.9 Å². The molecule has 0 fully saturated rings. The van der Waals surface area contributed by atoms with Gasteiger partial charge in [-0.15, -0.1) is 0 Å². The van der Waals surface area contributed by atoms with Crippen LogP contribution in [0.2, 0.25) is 0 Å². The number of hydrogen-bond acceptors (Lipinski definition) is 3. The second-order valence-corrected chi connectivity index (χ2v) is 5.92. The summed E-state index contributed by atoms with van der Waals surface area (Å²) in [7, 11) is 0. The highest BCUT2D eigenvalue weighted by Crippen LogP contribution is 2.21. The molecule has 0 aliphatic heterocycles. The van der Waals surface area contributed by atoms with E-state index in [1.807, 2.05) is 66.7 Å². The molecule has 25 heavy (non-hydrogen) atoms. The Morgan fingerprint density at radius 3 is 2.28 bits per heavy atom. The predicted molar refractivity (Wildman–Crippen MR) is 98.5 cm³/mol. The predicted octanol–water partition coefficient (Wildman–Crippen LogP) is 4.44. The summed E-state index contributed by atoms with van der Waals surface area (Å²) in [5, 5.41) is 2.05. The standard InChI is InChI=1S/C22H20O3/c1-2-25-22(24)20(14-16-8-4-3-5-9-16)21(23)19-13-12-17-10-6-7-11-18(17)15-19/h3-13,15,20H,2,14H2,1H3. The fourth-order valence-corrected chi connectivity index (χ4v) is 2.92. The summed E-state index contributed by atoms with van der Waals surface area (Å²) in [6, 6.07) is 22.9. The first-order valence-corrected chi connectivity index (χ1v) is 8.42. The van der Waals surface area contributed by atoms with E-state index in [2.05, 4.69) is 0 Å². The lowest BCUT2D eigenvalue weighted by atomic mass is 9.90. The van der Waals surface area contributed by atoms with Gasteiger partial charge in [0.25, 0.3) is 0 Å². The van der Waals surface area contributed by atoms with Crippen molar-refractivity contribution in [3.63, 3.8) is 0 Å². The summed E-state index contributed by atoms with van der Waals surface area (Å²) in [5.41, 5.74) is 1.47. The largest absolute Gasteiger partial charge is 0.465 e. The highest BCUT2D eigenvalue weighted by atomic mass is 16.5. The van der Waals surface area contributed by atoms with Crippen molar-refractivity contribution >= 4 is 22.5 Å². The minimum Gasteiger partial charge on any atom is -0.465 e. The van der Waals surface area contributed by atoms with Crippen molar-refractivity contribution in [2.45, 2.75) is 13.3 Å². The summed E-state index contributed by atoms with van der Waals surface area (Å²) in [5.74, 6) is -1.50. The normalized spacial score (nSPS) is 11.9. The van der Waals surface area contributed by atoms with E-state index >= 15 is 0 Å². The number of ketones is 1. The Labute approximate surface area is 147 Å². The van der Waals surface area contributed by atoms with Gasteiger partial charge in [0.05, 0.1) is 6.61 Å². The third-order valence-electron chi connectivity index (χ3n) is 4.20. The van der Waals surface area contributed by atoms with Crippen LogP contribution in [0.5, 0.6) is 0 Å². The van der Waals surface area contributed by atoms with Gasteiger partial charge in [-0.2, -0.15) is 0 Å². The lowest BCUT2D eigenvalue weighted by molar-refractivity contribution is -0.146. The molecular weight excluding hydrogens is 312 g/mol. The van der Waals surface area contributed by atoms with Crippen LogP contribution >= 0.6 is 0 Å². The average Bonchev–Trinajstić information content (AvgIpc) is 2.66. The zero-order valence-electron chi connectivity index (χ0n) is 14.1. The smallest absolute Gasteiger partial charge is 0.317 e. The van der Waals surface area contributed by atoms with E-state index < -0.39 is 11.9 Å². The minimum absolute atomic E-state index is 0.201. The summed E-state index contributed by atoms with van der Waals surface area (Å²) in [6.07, 6.45) is 0.339. The van der Waals surface area contributed by atoms with Crippen LogP contribution in [0.4, 0.5) is 0 Å². The fraction of sp³-hybridized carbons (Fsp3) is 0.182. The molecule has 3 aromatic rings. The molecule has 0 heterocycles.